The van der Waals surface area contributed by atoms with Crippen molar-refractivity contribution in [1.82, 2.24) is 0 Å². The number of ether oxygens (including phenoxy) is 2. The van der Waals surface area contributed by atoms with E-state index in [1.165, 1.54) is 57.8 Å². The molecule has 3 atom stereocenters. The molecule has 0 aromatic carbocycles. The number of aliphatic hydroxyl groups excluding tert-OH is 1. The van der Waals surface area contributed by atoms with Crippen LogP contribution in [-0.4, -0.2) is 86.1 Å². The highest BCUT2D eigenvalue weighted by Gasteiger charge is 2.27. The standard InChI is InChI=1S/C43H80NO9P/c1-6-8-10-12-14-15-16-17-18-19-20-22-26-30-34-42(46)50-38-41(39-52-54(48,49)51-37-36-44(3,4)5)53-43(47)35-31-27-23-25-29-33-40(45)32-28-24-21-13-11-9-7-2/h16-17,21,24,28,32,40-41,45H,6-15,18-20,22-23,25-27,29-31,33-39H2,1-5H3/p+1/b17-16-,24-21-,32-28+. The van der Waals surface area contributed by atoms with E-state index in [0.29, 0.717) is 30.3 Å². The van der Waals surface area contributed by atoms with Gasteiger partial charge < -0.3 is 24.0 Å². The van der Waals surface area contributed by atoms with Crippen LogP contribution in [-0.2, 0) is 32.7 Å². The van der Waals surface area contributed by atoms with Gasteiger partial charge in [-0.3, -0.25) is 18.6 Å². The van der Waals surface area contributed by atoms with E-state index in [1.54, 1.807) is 0 Å². The number of rotatable bonds is 38. The number of aliphatic hydroxyl groups is 1. The Bertz CT molecular complexity index is 1040. The number of phosphoric acid groups is 1. The molecule has 10 nitrogen and oxygen atoms in total. The molecule has 0 aliphatic heterocycles. The summed E-state index contributed by atoms with van der Waals surface area (Å²) in [4.78, 5) is 35.3. The highest BCUT2D eigenvalue weighted by atomic mass is 31.2. The average Bonchev–Trinajstić information content (AvgIpc) is 3.11. The molecule has 0 saturated heterocycles. The molecule has 54 heavy (non-hydrogen) atoms. The third-order valence-electron chi connectivity index (χ3n) is 9.00. The monoisotopic (exact) mass is 787 g/mol. The van der Waals surface area contributed by atoms with Crippen LogP contribution in [0.3, 0.4) is 0 Å². The van der Waals surface area contributed by atoms with Gasteiger partial charge in [0.2, 0.25) is 0 Å². The number of allylic oxidation sites excluding steroid dienone is 5. The van der Waals surface area contributed by atoms with E-state index in [1.807, 2.05) is 39.4 Å². The summed E-state index contributed by atoms with van der Waals surface area (Å²) in [7, 11) is 1.41. The molecule has 0 aromatic heterocycles. The number of hydrogen-bond donors (Lipinski definition) is 2. The minimum atomic E-state index is -4.40. The molecule has 0 aromatic rings. The van der Waals surface area contributed by atoms with Crippen molar-refractivity contribution in [2.45, 2.75) is 180 Å². The van der Waals surface area contributed by atoms with Crippen molar-refractivity contribution in [3.63, 3.8) is 0 Å². The van der Waals surface area contributed by atoms with Gasteiger partial charge in [-0.25, -0.2) is 4.57 Å². The molecule has 0 radical (unpaired) electrons. The third-order valence-corrected chi connectivity index (χ3v) is 9.98. The van der Waals surface area contributed by atoms with Gasteiger partial charge in [0, 0.05) is 12.8 Å². The SMILES string of the molecule is CCCCC/C=C\C=C\C(O)CCCCCCCC(=O)OC(COC(=O)CCCCCCC/C=C\CCCCCCC)COP(=O)(O)OCC[N+](C)(C)C. The van der Waals surface area contributed by atoms with Crippen molar-refractivity contribution in [3.05, 3.63) is 36.5 Å². The lowest BCUT2D eigenvalue weighted by Gasteiger charge is -2.24. The van der Waals surface area contributed by atoms with Crippen LogP contribution in [0.1, 0.15) is 168 Å². The van der Waals surface area contributed by atoms with Gasteiger partial charge in [-0.2, -0.15) is 0 Å². The summed E-state index contributed by atoms with van der Waals surface area (Å²) in [6.45, 7) is 4.24. The van der Waals surface area contributed by atoms with Gasteiger partial charge >= 0.3 is 19.8 Å². The Hall–Kier alpha value is -1.81. The molecule has 0 fully saturated rings. The summed E-state index contributed by atoms with van der Waals surface area (Å²) in [5.74, 6) is -0.882. The van der Waals surface area contributed by atoms with Gasteiger partial charge in [-0.05, 0) is 57.8 Å². The second kappa shape index (κ2) is 35.6. The van der Waals surface area contributed by atoms with Gasteiger partial charge in [-0.15, -0.1) is 0 Å². The van der Waals surface area contributed by atoms with Crippen molar-refractivity contribution in [1.29, 1.82) is 0 Å². The number of likely N-dealkylation sites (N-methyl/N-ethyl adjacent to an activating group) is 1. The number of carbonyl (C=O) groups is 2. The van der Waals surface area contributed by atoms with E-state index in [4.69, 9.17) is 18.5 Å². The summed E-state index contributed by atoms with van der Waals surface area (Å²) >= 11 is 0. The highest BCUT2D eigenvalue weighted by molar-refractivity contribution is 7.47. The lowest BCUT2D eigenvalue weighted by atomic mass is 10.1. The van der Waals surface area contributed by atoms with Gasteiger partial charge in [0.25, 0.3) is 0 Å². The number of phosphoric ester groups is 1. The van der Waals surface area contributed by atoms with Gasteiger partial charge in [0.05, 0.1) is 33.9 Å². The number of nitrogens with zero attached hydrogens (tertiary/aromatic N) is 1. The molecule has 0 spiro atoms. The fourth-order valence-electron chi connectivity index (χ4n) is 5.56. The Morgan fingerprint density at radius 2 is 1.17 bits per heavy atom. The summed E-state index contributed by atoms with van der Waals surface area (Å²) in [6.07, 6.45) is 34.9. The van der Waals surface area contributed by atoms with Crippen molar-refractivity contribution in [2.75, 3.05) is 47.5 Å². The summed E-state index contributed by atoms with van der Waals surface area (Å²) in [5, 5.41) is 10.2. The average molecular weight is 787 g/mol. The smallest absolute Gasteiger partial charge is 0.462 e. The molecule has 11 heteroatoms. The Balaban J connectivity index is 4.49. The van der Waals surface area contributed by atoms with Gasteiger partial charge in [-0.1, -0.05) is 134 Å². The number of carbonyl (C=O) groups excluding carboxylic acids is 2. The van der Waals surface area contributed by atoms with Crippen LogP contribution in [0.25, 0.3) is 0 Å². The van der Waals surface area contributed by atoms with Crippen molar-refractivity contribution >= 4 is 19.8 Å². The molecule has 0 heterocycles. The number of hydrogen-bond acceptors (Lipinski definition) is 8. The molecule has 0 saturated carbocycles. The van der Waals surface area contributed by atoms with Crippen molar-refractivity contribution < 1.29 is 47.2 Å². The molecule has 3 unspecified atom stereocenters. The van der Waals surface area contributed by atoms with Crippen LogP contribution in [0.2, 0.25) is 0 Å². The van der Waals surface area contributed by atoms with Crippen LogP contribution in [0.15, 0.2) is 36.5 Å². The van der Waals surface area contributed by atoms with E-state index in [9.17, 15) is 24.2 Å². The predicted octanol–water partition coefficient (Wildman–Crippen LogP) is 10.7. The molecular weight excluding hydrogens is 705 g/mol. The normalized spacial score (nSPS) is 14.6. The maximum atomic E-state index is 12.7. The molecular formula is C43H81NO9P+. The summed E-state index contributed by atoms with van der Waals surface area (Å²) < 4.78 is 34.2. The zero-order valence-corrected chi connectivity index (χ0v) is 36.0. The van der Waals surface area contributed by atoms with E-state index >= 15 is 0 Å². The molecule has 0 aliphatic rings. The molecule has 316 valence electrons. The molecule has 0 rings (SSSR count). The predicted molar refractivity (Wildman–Crippen MR) is 221 cm³/mol. The largest absolute Gasteiger partial charge is 0.472 e. The van der Waals surface area contributed by atoms with Crippen LogP contribution < -0.4 is 0 Å². The van der Waals surface area contributed by atoms with Crippen molar-refractivity contribution in [3.8, 4) is 0 Å². The summed E-state index contributed by atoms with van der Waals surface area (Å²) in [5.41, 5.74) is 0. The zero-order valence-electron chi connectivity index (χ0n) is 35.1. The molecule has 0 amide bonds. The topological polar surface area (TPSA) is 129 Å². The number of quaternary nitrogens is 1. The fraction of sp³-hybridized carbons (Fsp3) is 0.814. The molecule has 2 N–H and O–H groups in total. The first kappa shape index (κ1) is 52.2. The first-order valence-electron chi connectivity index (χ1n) is 21.3. The Morgan fingerprint density at radius 1 is 0.648 bits per heavy atom. The lowest BCUT2D eigenvalue weighted by Crippen LogP contribution is -2.37. The van der Waals surface area contributed by atoms with E-state index < -0.39 is 38.6 Å². The quantitative estimate of drug-likeness (QED) is 0.0157. The summed E-state index contributed by atoms with van der Waals surface area (Å²) in [6, 6.07) is 0. The van der Waals surface area contributed by atoms with Crippen LogP contribution >= 0.6 is 7.82 Å². The van der Waals surface area contributed by atoms with Crippen LogP contribution in [0.5, 0.6) is 0 Å². The van der Waals surface area contributed by atoms with E-state index in [2.05, 4.69) is 32.1 Å². The number of esters is 2. The fourth-order valence-corrected chi connectivity index (χ4v) is 6.30. The van der Waals surface area contributed by atoms with Crippen LogP contribution in [0, 0.1) is 0 Å². The first-order chi connectivity index (χ1) is 25.9. The highest BCUT2D eigenvalue weighted by Crippen LogP contribution is 2.43. The first-order valence-corrected chi connectivity index (χ1v) is 22.8. The lowest BCUT2D eigenvalue weighted by molar-refractivity contribution is -0.870. The Labute approximate surface area is 330 Å². The van der Waals surface area contributed by atoms with Gasteiger partial charge in [0.1, 0.15) is 19.8 Å². The minimum Gasteiger partial charge on any atom is -0.462 e. The second-order valence-corrected chi connectivity index (χ2v) is 17.0. The Kier molecular flexibility index (Phi) is 34.4. The zero-order chi connectivity index (χ0) is 40.2. The third kappa shape index (κ3) is 38.5. The number of unbranched alkanes of at least 4 members (excludes halogenated alkanes) is 17. The molecule has 0 bridgehead atoms. The maximum Gasteiger partial charge on any atom is 0.472 e. The van der Waals surface area contributed by atoms with E-state index in [-0.39, 0.29) is 26.1 Å². The van der Waals surface area contributed by atoms with Gasteiger partial charge in [0.15, 0.2) is 6.10 Å². The maximum absolute atomic E-state index is 12.7. The van der Waals surface area contributed by atoms with Crippen LogP contribution in [0.4, 0.5) is 0 Å². The Morgan fingerprint density at radius 3 is 1.80 bits per heavy atom. The minimum absolute atomic E-state index is 0.0127. The second-order valence-electron chi connectivity index (χ2n) is 15.6. The van der Waals surface area contributed by atoms with E-state index in [0.717, 1.165) is 64.2 Å². The molecule has 0 aliphatic carbocycles. The van der Waals surface area contributed by atoms with Crippen molar-refractivity contribution in [2.24, 2.45) is 0 Å².